The van der Waals surface area contributed by atoms with Gasteiger partial charge in [0.15, 0.2) is 0 Å². The fourth-order valence-corrected chi connectivity index (χ4v) is 5.64. The molecule has 162 valence electrons. The predicted octanol–water partition coefficient (Wildman–Crippen LogP) is 1.10. The Kier molecular flexibility index (Phi) is 6.06. The molecule has 2 fully saturated rings. The molecule has 1 atom stereocenters. The second-order valence-corrected chi connectivity index (χ2v) is 9.95. The maximum absolute atomic E-state index is 13.3. The topological polar surface area (TPSA) is 83.1 Å². The average Bonchev–Trinajstić information content (AvgIpc) is 2.73. The zero-order valence-electron chi connectivity index (χ0n) is 17.5. The summed E-state index contributed by atoms with van der Waals surface area (Å²) in [6.45, 7) is 7.79. The number of aromatic nitrogens is 1. The van der Waals surface area contributed by atoms with Crippen molar-refractivity contribution in [3.8, 4) is 0 Å². The van der Waals surface area contributed by atoms with Gasteiger partial charge in [-0.3, -0.25) is 14.7 Å². The molecule has 4 rings (SSSR count). The monoisotopic (exact) mass is 432 g/mol. The van der Waals surface area contributed by atoms with Gasteiger partial charge in [0, 0.05) is 50.9 Å². The highest BCUT2D eigenvalue weighted by Crippen LogP contribution is 2.25. The summed E-state index contributed by atoms with van der Waals surface area (Å²) in [6, 6.07) is 7.20. The van der Waals surface area contributed by atoms with Gasteiger partial charge >= 0.3 is 0 Å². The minimum absolute atomic E-state index is 0.0581. The second kappa shape index (κ2) is 8.58. The number of benzene rings is 1. The number of rotatable bonds is 4. The first-order chi connectivity index (χ1) is 14.3. The number of sulfonamides is 1. The van der Waals surface area contributed by atoms with Crippen LogP contribution in [0.15, 0.2) is 35.4 Å². The summed E-state index contributed by atoms with van der Waals surface area (Å²) >= 11 is 0. The first kappa shape index (κ1) is 21.2. The molecule has 0 saturated carbocycles. The van der Waals surface area contributed by atoms with Gasteiger partial charge in [0.1, 0.15) is 4.90 Å². The minimum atomic E-state index is -3.65. The number of ether oxygens (including phenoxy) is 1. The molecule has 0 spiro atoms. The van der Waals surface area contributed by atoms with E-state index < -0.39 is 10.0 Å². The molecule has 1 aromatic carbocycles. The van der Waals surface area contributed by atoms with E-state index in [2.05, 4.69) is 4.98 Å². The maximum atomic E-state index is 13.3. The van der Waals surface area contributed by atoms with Gasteiger partial charge in [-0.05, 0) is 31.5 Å². The Morgan fingerprint density at radius 2 is 1.97 bits per heavy atom. The van der Waals surface area contributed by atoms with Gasteiger partial charge in [0.05, 0.1) is 24.8 Å². The van der Waals surface area contributed by atoms with Gasteiger partial charge in [-0.15, -0.1) is 0 Å². The van der Waals surface area contributed by atoms with Crippen molar-refractivity contribution in [1.82, 2.24) is 19.1 Å². The molecular formula is C21H28N4O4S. The average molecular weight is 433 g/mol. The summed E-state index contributed by atoms with van der Waals surface area (Å²) in [5, 5.41) is 0.819. The summed E-state index contributed by atoms with van der Waals surface area (Å²) in [6.07, 6.45) is 1.75. The molecule has 3 heterocycles. The van der Waals surface area contributed by atoms with Crippen molar-refractivity contribution < 1.29 is 17.9 Å². The standard InChI is InChI=1S/C21H28N4O4S/c1-16-12-18-4-3-5-19(21(18)22-13-16)30(27,28)25-8-6-23(7-9-25)15-20(26)24-10-11-29-17(2)14-24/h3-5,12-13,17H,6-11,14-15H2,1-2H3. The van der Waals surface area contributed by atoms with E-state index in [1.54, 1.807) is 18.3 Å². The predicted molar refractivity (Wildman–Crippen MR) is 114 cm³/mol. The number of fused-ring (bicyclic) bond motifs is 1. The van der Waals surface area contributed by atoms with Crippen LogP contribution in [-0.2, 0) is 19.6 Å². The highest BCUT2D eigenvalue weighted by Gasteiger charge is 2.31. The first-order valence-corrected chi connectivity index (χ1v) is 11.8. The van der Waals surface area contributed by atoms with Gasteiger partial charge in [-0.25, -0.2) is 8.42 Å². The Labute approximate surface area is 177 Å². The molecule has 2 aliphatic rings. The Bertz CT molecular complexity index is 1030. The van der Waals surface area contributed by atoms with Gasteiger partial charge in [-0.2, -0.15) is 4.31 Å². The van der Waals surface area contributed by atoms with Crippen LogP contribution in [0.4, 0.5) is 0 Å². The van der Waals surface area contributed by atoms with E-state index in [-0.39, 0.29) is 16.9 Å². The smallest absolute Gasteiger partial charge is 0.245 e. The number of aryl methyl sites for hydroxylation is 1. The number of piperazine rings is 1. The molecule has 9 heteroatoms. The lowest BCUT2D eigenvalue weighted by Gasteiger charge is -2.36. The van der Waals surface area contributed by atoms with Gasteiger partial charge in [-0.1, -0.05) is 12.1 Å². The largest absolute Gasteiger partial charge is 0.375 e. The number of morpholine rings is 1. The van der Waals surface area contributed by atoms with Crippen LogP contribution in [0.25, 0.3) is 10.9 Å². The van der Waals surface area contributed by atoms with Crippen LogP contribution in [0.5, 0.6) is 0 Å². The van der Waals surface area contributed by atoms with Gasteiger partial charge < -0.3 is 9.64 Å². The molecule has 0 bridgehead atoms. The summed E-state index contributed by atoms with van der Waals surface area (Å²) in [7, 11) is -3.65. The molecule has 1 unspecified atom stereocenters. The number of pyridine rings is 1. The van der Waals surface area contributed by atoms with Crippen molar-refractivity contribution in [1.29, 1.82) is 0 Å². The molecule has 0 radical (unpaired) electrons. The van der Waals surface area contributed by atoms with Crippen LogP contribution in [0.2, 0.25) is 0 Å². The minimum Gasteiger partial charge on any atom is -0.375 e. The normalized spacial score (nSPS) is 21.8. The van der Waals surface area contributed by atoms with Crippen molar-refractivity contribution in [2.45, 2.75) is 24.8 Å². The highest BCUT2D eigenvalue weighted by atomic mass is 32.2. The lowest BCUT2D eigenvalue weighted by Crippen LogP contribution is -2.53. The van der Waals surface area contributed by atoms with Crippen LogP contribution in [0.3, 0.4) is 0 Å². The van der Waals surface area contributed by atoms with E-state index in [0.717, 1.165) is 10.9 Å². The highest BCUT2D eigenvalue weighted by molar-refractivity contribution is 7.89. The zero-order chi connectivity index (χ0) is 21.3. The van der Waals surface area contributed by atoms with E-state index in [0.29, 0.717) is 57.9 Å². The molecular weight excluding hydrogens is 404 g/mol. The molecule has 8 nitrogen and oxygen atoms in total. The number of carbonyl (C=O) groups is 1. The molecule has 2 aliphatic heterocycles. The van der Waals surface area contributed by atoms with Crippen LogP contribution in [0, 0.1) is 6.92 Å². The quantitative estimate of drug-likeness (QED) is 0.720. The summed E-state index contributed by atoms with van der Waals surface area (Å²) in [5.41, 5.74) is 1.49. The Morgan fingerprint density at radius 1 is 1.20 bits per heavy atom. The lowest BCUT2D eigenvalue weighted by molar-refractivity contribution is -0.139. The van der Waals surface area contributed by atoms with E-state index in [1.807, 2.05) is 35.8 Å². The third-order valence-electron chi connectivity index (χ3n) is 5.71. The number of hydrogen-bond donors (Lipinski definition) is 0. The van der Waals surface area contributed by atoms with E-state index in [9.17, 15) is 13.2 Å². The van der Waals surface area contributed by atoms with E-state index in [1.165, 1.54) is 4.31 Å². The van der Waals surface area contributed by atoms with E-state index in [4.69, 9.17) is 4.74 Å². The van der Waals surface area contributed by atoms with Crippen molar-refractivity contribution in [3.63, 3.8) is 0 Å². The van der Waals surface area contributed by atoms with Crippen molar-refractivity contribution in [3.05, 3.63) is 36.0 Å². The van der Waals surface area contributed by atoms with Crippen LogP contribution in [0.1, 0.15) is 12.5 Å². The number of para-hydroxylation sites is 1. The Balaban J connectivity index is 1.42. The van der Waals surface area contributed by atoms with Crippen LogP contribution < -0.4 is 0 Å². The number of amides is 1. The Morgan fingerprint density at radius 3 is 2.70 bits per heavy atom. The third-order valence-corrected chi connectivity index (χ3v) is 7.64. The summed E-state index contributed by atoms with van der Waals surface area (Å²) in [5.74, 6) is 0.0788. The van der Waals surface area contributed by atoms with Crippen LogP contribution in [-0.4, -0.2) is 91.9 Å². The number of nitrogens with zero attached hydrogens (tertiary/aromatic N) is 4. The number of hydrogen-bond acceptors (Lipinski definition) is 6. The molecule has 30 heavy (non-hydrogen) atoms. The first-order valence-electron chi connectivity index (χ1n) is 10.3. The van der Waals surface area contributed by atoms with Gasteiger partial charge in [0.25, 0.3) is 0 Å². The van der Waals surface area contributed by atoms with E-state index >= 15 is 0 Å². The summed E-state index contributed by atoms with van der Waals surface area (Å²) in [4.78, 5) is 21.1. The fourth-order valence-electron chi connectivity index (χ4n) is 4.05. The maximum Gasteiger partial charge on any atom is 0.245 e. The zero-order valence-corrected chi connectivity index (χ0v) is 18.3. The van der Waals surface area contributed by atoms with Crippen LogP contribution >= 0.6 is 0 Å². The molecule has 0 N–H and O–H groups in total. The third kappa shape index (κ3) is 4.34. The SMILES string of the molecule is Cc1cnc2c(S(=O)(=O)N3CCN(CC(=O)N4CCOC(C)C4)CC3)cccc2c1. The molecule has 2 saturated heterocycles. The van der Waals surface area contributed by atoms with Crippen molar-refractivity contribution >= 4 is 26.8 Å². The summed E-state index contributed by atoms with van der Waals surface area (Å²) < 4.78 is 33.5. The Hall–Kier alpha value is -2.07. The van der Waals surface area contributed by atoms with Gasteiger partial charge in [0.2, 0.25) is 15.9 Å². The molecule has 2 aromatic rings. The number of carbonyl (C=O) groups excluding carboxylic acids is 1. The molecule has 1 amide bonds. The molecule has 1 aromatic heterocycles. The van der Waals surface area contributed by atoms with Crippen molar-refractivity contribution in [2.24, 2.45) is 0 Å². The lowest BCUT2D eigenvalue weighted by atomic mass is 10.2. The molecule has 0 aliphatic carbocycles. The second-order valence-electron chi connectivity index (χ2n) is 8.04. The van der Waals surface area contributed by atoms with Crippen molar-refractivity contribution in [2.75, 3.05) is 52.4 Å². The fraction of sp³-hybridized carbons (Fsp3) is 0.524.